The van der Waals surface area contributed by atoms with E-state index in [0.717, 1.165) is 23.9 Å². The number of nitrogens with two attached hydrogens (primary N) is 1. The Balaban J connectivity index is 1.36. The molecule has 30 nitrogen and oxygen atoms in total. The molecule has 6 heterocycles. The summed E-state index contributed by atoms with van der Waals surface area (Å²) < 4.78 is 16.6. The number of fused-ring (bicyclic) bond motifs is 11. The third-order valence-electron chi connectivity index (χ3n) is 10.9. The predicted octanol–water partition coefficient (Wildman–Crippen LogP) is -0.210. The van der Waals surface area contributed by atoms with Gasteiger partial charge in [-0.3, -0.25) is 47.9 Å². The molecule has 8 bridgehead atoms. The molecular formula is C50H49N15O15S. The maximum absolute atomic E-state index is 13.8. The Labute approximate surface area is 460 Å². The van der Waals surface area contributed by atoms with Crippen molar-refractivity contribution in [1.82, 2.24) is 72.8 Å². The fourth-order valence-corrected chi connectivity index (χ4v) is 7.48. The Morgan fingerprint density at radius 2 is 1.33 bits per heavy atom. The molecule has 0 aromatic carbocycles. The highest BCUT2D eigenvalue weighted by Crippen LogP contribution is 2.33. The predicted molar refractivity (Wildman–Crippen MR) is 282 cm³/mol. The summed E-state index contributed by atoms with van der Waals surface area (Å²) in [4.78, 5) is 153. The average Bonchev–Trinajstić information content (AvgIpc) is 4.26. The minimum atomic E-state index is -1.99. The van der Waals surface area contributed by atoms with Gasteiger partial charge >= 0.3 is 0 Å². The summed E-state index contributed by atoms with van der Waals surface area (Å²) in [5, 5.41) is 43.5. The Morgan fingerprint density at radius 3 is 1.99 bits per heavy atom. The van der Waals surface area contributed by atoms with Crippen LogP contribution in [-0.4, -0.2) is 118 Å². The minimum Gasteiger partial charge on any atom is -0.443 e. The van der Waals surface area contributed by atoms with E-state index in [1.807, 2.05) is 0 Å². The highest BCUT2D eigenvalue weighted by molar-refractivity contribution is 7.13. The Bertz CT molecular complexity index is 3610. The number of allylic oxidation sites excluding steroid dienone is 1. The lowest BCUT2D eigenvalue weighted by Gasteiger charge is -2.29. The standard InChI is InChI=1S/C50H49N15O15S/c1-12-27-48-61-30(16-79-48)41(72)54-21(5)39(70)65-35(50(10,11)77)45(76)57-23(7)47-64-33(25(9)80-47)44(75)55-20(4)38(69)56-22(6)46-60-29(15-78-46)34-26(49-62-31(17-81-49)42(73)63-32(24(8)66)43(74)59-27)13-14-28(58-34)40(71)53-19(3)37(68)52-18(2)36(51)67/h12-17,24,32,35,66,77H,2-7H2,1,8-11H3,(H2,51,67)(H,52,68)(H,53,71)(H,54,72)(H,55,75)(H,56,69)(H,57,76)(H,59,74)(H,63,73)(H,65,70)/b27-12+/t24-,32-,35+/m0/s1. The highest BCUT2D eigenvalue weighted by atomic mass is 32.1. The number of oxazole rings is 3. The maximum Gasteiger partial charge on any atom is 0.278 e. The number of aromatic nitrogens is 5. The summed E-state index contributed by atoms with van der Waals surface area (Å²) in [7, 11) is 0. The molecule has 0 spiro atoms. The summed E-state index contributed by atoms with van der Waals surface area (Å²) in [6.07, 6.45) is 1.68. The van der Waals surface area contributed by atoms with Crippen LogP contribution in [0.4, 0.5) is 0 Å². The van der Waals surface area contributed by atoms with Gasteiger partial charge in [-0.05, 0) is 46.8 Å². The molecule has 1 aliphatic heterocycles. The molecule has 81 heavy (non-hydrogen) atoms. The first-order chi connectivity index (χ1) is 38.0. The number of aliphatic hydroxyl groups is 2. The fraction of sp³-hybridized carbons (Fsp3) is 0.180. The number of hydrogen-bond acceptors (Lipinski definition) is 21. The second-order valence-corrected chi connectivity index (χ2v) is 18.4. The zero-order valence-electron chi connectivity index (χ0n) is 43.4. The van der Waals surface area contributed by atoms with Crippen molar-refractivity contribution in [3.05, 3.63) is 145 Å². The summed E-state index contributed by atoms with van der Waals surface area (Å²) in [5.74, 6) is -11.7. The number of thiazole rings is 1. The molecular weight excluding hydrogens is 1080 g/mol. The van der Waals surface area contributed by atoms with Gasteiger partial charge < -0.3 is 77.0 Å². The summed E-state index contributed by atoms with van der Waals surface area (Å²) in [6, 6.07) is -0.900. The van der Waals surface area contributed by atoms with Crippen LogP contribution >= 0.6 is 11.3 Å². The molecule has 3 atom stereocenters. The molecule has 6 rings (SSSR count). The fourth-order valence-electron chi connectivity index (χ4n) is 6.66. The van der Waals surface area contributed by atoms with Crippen molar-refractivity contribution in [2.24, 2.45) is 5.73 Å². The van der Waals surface area contributed by atoms with Crippen LogP contribution in [0.1, 0.15) is 93.1 Å². The van der Waals surface area contributed by atoms with E-state index in [4.69, 9.17) is 19.0 Å². The van der Waals surface area contributed by atoms with Gasteiger partial charge in [0, 0.05) is 10.9 Å². The lowest BCUT2D eigenvalue weighted by molar-refractivity contribution is -0.132. The van der Waals surface area contributed by atoms with Crippen LogP contribution in [0.2, 0.25) is 0 Å². The van der Waals surface area contributed by atoms with Gasteiger partial charge in [0.25, 0.3) is 47.3 Å². The van der Waals surface area contributed by atoms with E-state index in [1.54, 1.807) is 0 Å². The molecule has 420 valence electrons. The Morgan fingerprint density at radius 1 is 0.716 bits per heavy atom. The first-order valence-corrected chi connectivity index (χ1v) is 24.0. The van der Waals surface area contributed by atoms with E-state index < -0.39 is 123 Å². The Kier molecular flexibility index (Phi) is 17.8. The van der Waals surface area contributed by atoms with Crippen molar-refractivity contribution in [2.75, 3.05) is 0 Å². The lowest BCUT2D eigenvalue weighted by Crippen LogP contribution is -2.58. The number of carbonyl (C=O) groups excluding carboxylic acids is 10. The van der Waals surface area contributed by atoms with E-state index in [2.05, 4.69) is 112 Å². The maximum atomic E-state index is 13.8. The second kappa shape index (κ2) is 24.3. The molecule has 0 saturated heterocycles. The van der Waals surface area contributed by atoms with Crippen molar-refractivity contribution in [3.63, 3.8) is 0 Å². The van der Waals surface area contributed by atoms with E-state index >= 15 is 0 Å². The number of nitrogens with one attached hydrogen (secondary N) is 9. The molecule has 1 aliphatic rings. The smallest absolute Gasteiger partial charge is 0.278 e. The molecule has 0 saturated carbocycles. The number of aliphatic hydroxyl groups excluding tert-OH is 1. The van der Waals surface area contributed by atoms with Crippen LogP contribution < -0.4 is 53.6 Å². The number of pyridine rings is 1. The summed E-state index contributed by atoms with van der Waals surface area (Å²) in [6.45, 7) is 27.7. The number of amides is 10. The molecule has 0 unspecified atom stereocenters. The average molecular weight is 1130 g/mol. The SMILES string of the molecule is C=C(NC(=O)C(=C)NC(=O)c1ccc2c(n1)-c1coc(n1)C(=C)NC(=O)C(=C)NC(=O)c1nc(oc1C)C(=C)NC(=O)[C@H](C(C)(C)O)NC(=O)C(=C)NC(=O)c1coc(n1)/C(=C\C)NC(=O)[C@H]([C@H](C)O)NC(=O)c1csc-2n1)C(N)=O. The molecule has 0 radical (unpaired) electrons. The highest BCUT2D eigenvalue weighted by Gasteiger charge is 2.37. The van der Waals surface area contributed by atoms with Gasteiger partial charge in [0.05, 0.1) is 51.6 Å². The van der Waals surface area contributed by atoms with E-state index in [9.17, 15) is 58.2 Å². The number of nitrogens with zero attached hydrogens (tertiary/aromatic N) is 5. The van der Waals surface area contributed by atoms with E-state index in [1.165, 1.54) is 58.2 Å². The molecule has 5 aromatic rings. The molecule has 13 N–H and O–H groups in total. The van der Waals surface area contributed by atoms with Gasteiger partial charge in [0.15, 0.2) is 11.4 Å². The summed E-state index contributed by atoms with van der Waals surface area (Å²) >= 11 is 0.882. The van der Waals surface area contributed by atoms with E-state index in [-0.39, 0.29) is 68.0 Å². The first kappa shape index (κ1) is 59.5. The normalized spacial score (nSPS) is 17.3. The molecule has 10 amide bonds. The third kappa shape index (κ3) is 14.0. The number of rotatable bonds is 7. The van der Waals surface area contributed by atoms with Gasteiger partial charge in [0.1, 0.15) is 58.2 Å². The van der Waals surface area contributed by atoms with E-state index in [0.29, 0.717) is 0 Å². The van der Waals surface area contributed by atoms with Gasteiger partial charge in [-0.1, -0.05) is 45.5 Å². The second-order valence-electron chi connectivity index (χ2n) is 17.6. The van der Waals surface area contributed by atoms with Crippen LogP contribution in [-0.2, 0) is 28.8 Å². The summed E-state index contributed by atoms with van der Waals surface area (Å²) in [5.41, 5.74) is -1.59. The molecule has 31 heteroatoms. The topological polar surface area (TPSA) is 449 Å². The number of hydrogen-bond donors (Lipinski definition) is 12. The van der Waals surface area contributed by atoms with Crippen LogP contribution in [0.5, 0.6) is 0 Å². The van der Waals surface area contributed by atoms with Crippen LogP contribution in [0.3, 0.4) is 0 Å². The van der Waals surface area contributed by atoms with Crippen molar-refractivity contribution in [3.8, 4) is 22.0 Å². The monoisotopic (exact) mass is 1130 g/mol. The molecule has 5 aromatic heterocycles. The molecule has 0 fully saturated rings. The van der Waals surface area contributed by atoms with Crippen molar-refractivity contribution in [1.29, 1.82) is 0 Å². The number of carbonyl (C=O) groups is 10. The lowest BCUT2D eigenvalue weighted by atomic mass is 9.97. The minimum absolute atomic E-state index is 0.0591. The van der Waals surface area contributed by atoms with Crippen molar-refractivity contribution < 1.29 is 71.4 Å². The van der Waals surface area contributed by atoms with Crippen molar-refractivity contribution >= 4 is 87.5 Å². The largest absolute Gasteiger partial charge is 0.443 e. The van der Waals surface area contributed by atoms with Gasteiger partial charge in [-0.25, -0.2) is 24.9 Å². The van der Waals surface area contributed by atoms with Gasteiger partial charge in [0.2, 0.25) is 29.5 Å². The van der Waals surface area contributed by atoms with Crippen molar-refractivity contribution in [2.45, 2.75) is 58.4 Å². The zero-order chi connectivity index (χ0) is 59.9. The Hall–Kier alpha value is -10.8. The van der Waals surface area contributed by atoms with Crippen LogP contribution in [0.15, 0.2) is 112 Å². The number of primary amides is 1. The quantitative estimate of drug-likeness (QED) is 0.0938. The van der Waals surface area contributed by atoms with Gasteiger partial charge in [-0.2, -0.15) is 0 Å². The van der Waals surface area contributed by atoms with Gasteiger partial charge in [-0.15, -0.1) is 11.3 Å². The van der Waals surface area contributed by atoms with Crippen LogP contribution in [0, 0.1) is 6.92 Å². The molecule has 0 aliphatic carbocycles. The van der Waals surface area contributed by atoms with Crippen LogP contribution in [0.25, 0.3) is 39.1 Å². The first-order valence-electron chi connectivity index (χ1n) is 23.1. The third-order valence-corrected chi connectivity index (χ3v) is 11.8. The zero-order valence-corrected chi connectivity index (χ0v) is 44.2. The number of aryl methyl sites for hydroxylation is 1.